The van der Waals surface area contributed by atoms with Gasteiger partial charge in [-0.3, -0.25) is 9.69 Å². The van der Waals surface area contributed by atoms with Gasteiger partial charge in [-0.05, 0) is 56.1 Å². The lowest BCUT2D eigenvalue weighted by Gasteiger charge is -2.27. The number of amides is 1. The van der Waals surface area contributed by atoms with Gasteiger partial charge in [0.05, 0.1) is 24.6 Å². The highest BCUT2D eigenvalue weighted by Gasteiger charge is 2.37. The summed E-state index contributed by atoms with van der Waals surface area (Å²) < 4.78 is 7.84. The lowest BCUT2D eigenvalue weighted by atomic mass is 10.0. The maximum absolute atomic E-state index is 13.5. The van der Waals surface area contributed by atoms with E-state index in [4.69, 9.17) is 9.52 Å². The van der Waals surface area contributed by atoms with Gasteiger partial charge in [0.25, 0.3) is 5.91 Å². The van der Waals surface area contributed by atoms with Gasteiger partial charge in [0, 0.05) is 25.4 Å². The number of carbonyl (C=O) groups is 1. The monoisotopic (exact) mass is 416 g/mol. The van der Waals surface area contributed by atoms with Gasteiger partial charge in [0.2, 0.25) is 0 Å². The summed E-state index contributed by atoms with van der Waals surface area (Å²) in [5.41, 5.74) is 4.45. The molecule has 31 heavy (non-hydrogen) atoms. The van der Waals surface area contributed by atoms with Crippen LogP contribution >= 0.6 is 0 Å². The van der Waals surface area contributed by atoms with Crippen molar-refractivity contribution in [3.63, 3.8) is 0 Å². The first-order valence-electron chi connectivity index (χ1n) is 11.0. The van der Waals surface area contributed by atoms with Crippen molar-refractivity contribution in [2.75, 3.05) is 13.1 Å². The third kappa shape index (κ3) is 3.83. The van der Waals surface area contributed by atoms with E-state index in [1.54, 1.807) is 11.3 Å². The van der Waals surface area contributed by atoms with E-state index >= 15 is 0 Å². The topological polar surface area (TPSA) is 54.0 Å². The van der Waals surface area contributed by atoms with Crippen LogP contribution in [0.3, 0.4) is 0 Å². The zero-order chi connectivity index (χ0) is 21.4. The lowest BCUT2D eigenvalue weighted by Crippen LogP contribution is -2.38. The minimum Gasteiger partial charge on any atom is -0.467 e. The molecule has 2 atom stereocenters. The predicted molar refractivity (Wildman–Crippen MR) is 120 cm³/mol. The Balaban J connectivity index is 1.39. The van der Waals surface area contributed by atoms with Gasteiger partial charge >= 0.3 is 0 Å². The summed E-state index contributed by atoms with van der Waals surface area (Å²) in [5, 5.41) is 6.43. The first-order chi connectivity index (χ1) is 15.1. The Labute approximate surface area is 182 Å². The van der Waals surface area contributed by atoms with E-state index in [-0.39, 0.29) is 18.0 Å². The molecular weight excluding hydrogens is 388 g/mol. The summed E-state index contributed by atoms with van der Waals surface area (Å²) in [7, 11) is 2.07. The number of rotatable bonds is 5. The molecule has 5 rings (SSSR count). The molecule has 0 aliphatic carbocycles. The van der Waals surface area contributed by atoms with Gasteiger partial charge < -0.3 is 8.98 Å². The van der Waals surface area contributed by atoms with Crippen molar-refractivity contribution in [1.82, 2.24) is 14.5 Å². The van der Waals surface area contributed by atoms with Gasteiger partial charge in [-0.15, -0.1) is 0 Å². The molecule has 1 amide bonds. The van der Waals surface area contributed by atoms with Crippen LogP contribution in [-0.2, 0) is 11.8 Å². The van der Waals surface area contributed by atoms with Crippen LogP contribution in [-0.4, -0.2) is 39.2 Å². The molecule has 6 nitrogen and oxygen atoms in total. The van der Waals surface area contributed by atoms with Crippen LogP contribution < -0.4 is 0 Å². The molecule has 2 aliphatic heterocycles. The highest BCUT2D eigenvalue weighted by molar-refractivity contribution is 6.03. The number of aromatic nitrogens is 1. The van der Waals surface area contributed by atoms with Crippen LogP contribution in [0.2, 0.25) is 0 Å². The van der Waals surface area contributed by atoms with E-state index in [0.717, 1.165) is 36.4 Å². The average molecular weight is 417 g/mol. The fourth-order valence-electron chi connectivity index (χ4n) is 4.78. The van der Waals surface area contributed by atoms with E-state index in [0.29, 0.717) is 13.0 Å². The molecule has 3 aromatic rings. The molecule has 0 N–H and O–H groups in total. The Bertz CT molecular complexity index is 1080. The molecule has 1 saturated heterocycles. The zero-order valence-electron chi connectivity index (χ0n) is 18.1. The molecule has 1 aromatic carbocycles. The van der Waals surface area contributed by atoms with Crippen molar-refractivity contribution >= 4 is 11.6 Å². The molecule has 0 saturated carbocycles. The number of furan rings is 1. The summed E-state index contributed by atoms with van der Waals surface area (Å²) in [5.74, 6) is 0.796. The van der Waals surface area contributed by atoms with Gasteiger partial charge in [-0.2, -0.15) is 5.10 Å². The number of carbonyl (C=O) groups excluding carboxylic acids is 1. The van der Waals surface area contributed by atoms with Crippen LogP contribution in [0.25, 0.3) is 0 Å². The first kappa shape index (κ1) is 19.8. The fraction of sp³-hybridized carbons (Fsp3) is 0.360. The lowest BCUT2D eigenvalue weighted by molar-refractivity contribution is -0.134. The summed E-state index contributed by atoms with van der Waals surface area (Å²) in [6.07, 6.45) is 6.56. The van der Waals surface area contributed by atoms with Crippen LogP contribution in [0.5, 0.6) is 0 Å². The van der Waals surface area contributed by atoms with E-state index < -0.39 is 0 Å². The number of hydrogen-bond donors (Lipinski definition) is 0. The molecular formula is C25H28N4O2. The third-order valence-electron chi connectivity index (χ3n) is 6.45. The van der Waals surface area contributed by atoms with Crippen LogP contribution in [0.1, 0.15) is 53.9 Å². The second-order valence-electron chi connectivity index (χ2n) is 8.56. The summed E-state index contributed by atoms with van der Waals surface area (Å²) >= 11 is 0. The third-order valence-corrected chi connectivity index (χ3v) is 6.45. The smallest absolute Gasteiger partial charge is 0.257 e. The maximum atomic E-state index is 13.5. The van der Waals surface area contributed by atoms with Crippen LogP contribution in [0, 0.1) is 6.92 Å². The van der Waals surface area contributed by atoms with Crippen molar-refractivity contribution < 1.29 is 9.21 Å². The minimum absolute atomic E-state index is 0.0182. The Morgan fingerprint density at radius 2 is 1.97 bits per heavy atom. The number of nitrogens with zero attached hydrogens (tertiary/aromatic N) is 4. The standard InChI is InChI=1S/C25H28N4O2/c1-18-9-11-19(12-10-18)20-16-23(24-8-5-15-31-24)29(26-20)25(30)17-28-14-4-7-22(28)21-6-3-13-27(21)2/h3,5-6,8-13,15,22-23H,4,7,14,16-17H2,1-2H3/t22-,23-/m0/s1. The number of hydrazone groups is 1. The maximum Gasteiger partial charge on any atom is 0.257 e. The fourth-order valence-corrected chi connectivity index (χ4v) is 4.78. The second-order valence-corrected chi connectivity index (χ2v) is 8.56. The van der Waals surface area contributed by atoms with E-state index in [2.05, 4.69) is 66.0 Å². The first-order valence-corrected chi connectivity index (χ1v) is 11.0. The molecule has 0 bridgehead atoms. The molecule has 4 heterocycles. The molecule has 0 spiro atoms. The molecule has 6 heteroatoms. The number of likely N-dealkylation sites (tertiary alicyclic amines) is 1. The van der Waals surface area contributed by atoms with Gasteiger partial charge in [0.1, 0.15) is 11.8 Å². The van der Waals surface area contributed by atoms with Crippen LogP contribution in [0.4, 0.5) is 0 Å². The highest BCUT2D eigenvalue weighted by atomic mass is 16.3. The Morgan fingerprint density at radius 3 is 2.68 bits per heavy atom. The molecule has 1 fully saturated rings. The minimum atomic E-state index is -0.199. The number of aryl methyl sites for hydroxylation is 2. The van der Waals surface area contributed by atoms with Gasteiger partial charge in [-0.25, -0.2) is 5.01 Å². The summed E-state index contributed by atoms with van der Waals surface area (Å²) in [6, 6.07) is 16.4. The van der Waals surface area contributed by atoms with E-state index in [1.807, 2.05) is 12.1 Å². The average Bonchev–Trinajstić information content (AvgIpc) is 3.55. The Kier molecular flexibility index (Phi) is 5.24. The highest BCUT2D eigenvalue weighted by Crippen LogP contribution is 2.35. The number of hydrogen-bond acceptors (Lipinski definition) is 4. The normalized spacial score (nSPS) is 21.6. The Hall–Kier alpha value is -3.12. The largest absolute Gasteiger partial charge is 0.467 e. The predicted octanol–water partition coefficient (Wildman–Crippen LogP) is 4.44. The van der Waals surface area contributed by atoms with Crippen LogP contribution in [0.15, 0.2) is 70.5 Å². The quantitative estimate of drug-likeness (QED) is 0.618. The van der Waals surface area contributed by atoms with Crippen molar-refractivity contribution in [1.29, 1.82) is 0 Å². The number of benzene rings is 1. The molecule has 2 aromatic heterocycles. The van der Waals surface area contributed by atoms with Crippen molar-refractivity contribution in [2.24, 2.45) is 12.1 Å². The zero-order valence-corrected chi connectivity index (χ0v) is 18.1. The van der Waals surface area contributed by atoms with Crippen molar-refractivity contribution in [3.05, 3.63) is 83.6 Å². The van der Waals surface area contributed by atoms with Gasteiger partial charge in [0.15, 0.2) is 0 Å². The summed E-state index contributed by atoms with van der Waals surface area (Å²) in [6.45, 7) is 3.36. The van der Waals surface area contributed by atoms with E-state index in [9.17, 15) is 4.79 Å². The van der Waals surface area contributed by atoms with Crippen molar-refractivity contribution in [2.45, 2.75) is 38.3 Å². The molecule has 160 valence electrons. The molecule has 0 radical (unpaired) electrons. The SMILES string of the molecule is Cc1ccc(C2=NN(C(=O)CN3CCC[C@H]3c3cccn3C)[C@H](c3ccco3)C2)cc1. The Morgan fingerprint density at radius 1 is 1.13 bits per heavy atom. The summed E-state index contributed by atoms with van der Waals surface area (Å²) in [4.78, 5) is 15.8. The van der Waals surface area contributed by atoms with Gasteiger partial charge in [-0.1, -0.05) is 29.8 Å². The molecule has 2 aliphatic rings. The van der Waals surface area contributed by atoms with Crippen molar-refractivity contribution in [3.8, 4) is 0 Å². The second kappa shape index (κ2) is 8.19. The molecule has 0 unspecified atom stereocenters. The van der Waals surface area contributed by atoms with E-state index in [1.165, 1.54) is 11.3 Å².